The predicted octanol–water partition coefficient (Wildman–Crippen LogP) is 4.74. The Labute approximate surface area is 153 Å². The first-order valence-electron chi connectivity index (χ1n) is 8.67. The standard InChI is InChI=1S/C22H23NO3/c1-4-20(15-9-11-18(25-2)12-10-15)23-22(24)19-13-16-7-5-6-8-17(16)14-21(19)26-3/h5-14,20H,4H2,1-3H3,(H,23,24)/t20-/m0/s1. The molecule has 0 aromatic heterocycles. The van der Waals surface area contributed by atoms with Gasteiger partial charge in [-0.2, -0.15) is 0 Å². The summed E-state index contributed by atoms with van der Waals surface area (Å²) in [6.45, 7) is 2.05. The van der Waals surface area contributed by atoms with Gasteiger partial charge in [-0.1, -0.05) is 43.3 Å². The zero-order valence-electron chi connectivity index (χ0n) is 15.3. The number of hydrogen-bond acceptors (Lipinski definition) is 3. The normalized spacial score (nSPS) is 11.8. The van der Waals surface area contributed by atoms with E-state index in [1.165, 1.54) is 0 Å². The van der Waals surface area contributed by atoms with E-state index in [2.05, 4.69) is 5.32 Å². The number of benzene rings is 3. The molecule has 134 valence electrons. The number of fused-ring (bicyclic) bond motifs is 1. The summed E-state index contributed by atoms with van der Waals surface area (Å²) in [5.74, 6) is 1.23. The first-order chi connectivity index (χ1) is 12.7. The van der Waals surface area contributed by atoms with Crippen LogP contribution in [0.25, 0.3) is 10.8 Å². The van der Waals surface area contributed by atoms with Gasteiger partial charge in [-0.25, -0.2) is 0 Å². The van der Waals surface area contributed by atoms with Gasteiger partial charge in [0.05, 0.1) is 25.8 Å². The smallest absolute Gasteiger partial charge is 0.255 e. The van der Waals surface area contributed by atoms with Gasteiger partial charge in [0, 0.05) is 0 Å². The van der Waals surface area contributed by atoms with Crippen LogP contribution in [-0.4, -0.2) is 20.1 Å². The Morgan fingerprint density at radius 1 is 0.962 bits per heavy atom. The van der Waals surface area contributed by atoms with Gasteiger partial charge in [-0.15, -0.1) is 0 Å². The molecule has 0 aliphatic heterocycles. The van der Waals surface area contributed by atoms with E-state index in [0.717, 1.165) is 28.5 Å². The van der Waals surface area contributed by atoms with Crippen molar-refractivity contribution in [1.29, 1.82) is 0 Å². The Kier molecular flexibility index (Phi) is 5.42. The molecule has 4 heteroatoms. The molecule has 1 atom stereocenters. The quantitative estimate of drug-likeness (QED) is 0.699. The fourth-order valence-electron chi connectivity index (χ4n) is 3.06. The van der Waals surface area contributed by atoms with Crippen molar-refractivity contribution in [2.45, 2.75) is 19.4 Å². The van der Waals surface area contributed by atoms with Crippen LogP contribution in [0.4, 0.5) is 0 Å². The van der Waals surface area contributed by atoms with Gasteiger partial charge < -0.3 is 14.8 Å². The molecule has 0 heterocycles. The summed E-state index contributed by atoms with van der Waals surface area (Å²) in [4.78, 5) is 12.9. The van der Waals surface area contributed by atoms with Crippen LogP contribution in [0.2, 0.25) is 0 Å². The monoisotopic (exact) mass is 349 g/mol. The SMILES string of the molecule is CC[C@H](NC(=O)c1cc2ccccc2cc1OC)c1ccc(OC)cc1. The van der Waals surface area contributed by atoms with Crippen LogP contribution in [0, 0.1) is 0 Å². The van der Waals surface area contributed by atoms with Crippen LogP contribution in [0.1, 0.15) is 35.3 Å². The summed E-state index contributed by atoms with van der Waals surface area (Å²) in [6.07, 6.45) is 0.786. The Morgan fingerprint density at radius 3 is 2.19 bits per heavy atom. The van der Waals surface area contributed by atoms with Crippen LogP contribution in [0.15, 0.2) is 60.7 Å². The molecule has 0 aliphatic carbocycles. The summed E-state index contributed by atoms with van der Waals surface area (Å²) in [7, 11) is 3.22. The summed E-state index contributed by atoms with van der Waals surface area (Å²) in [5.41, 5.74) is 1.58. The second-order valence-electron chi connectivity index (χ2n) is 6.11. The third-order valence-electron chi connectivity index (χ3n) is 4.54. The number of carbonyl (C=O) groups is 1. The molecule has 0 fully saturated rings. The molecule has 0 bridgehead atoms. The predicted molar refractivity (Wildman–Crippen MR) is 104 cm³/mol. The topological polar surface area (TPSA) is 47.6 Å². The zero-order valence-corrected chi connectivity index (χ0v) is 15.3. The highest BCUT2D eigenvalue weighted by Crippen LogP contribution is 2.27. The molecule has 0 unspecified atom stereocenters. The van der Waals surface area contributed by atoms with Crippen molar-refractivity contribution >= 4 is 16.7 Å². The fourth-order valence-corrected chi connectivity index (χ4v) is 3.06. The number of ether oxygens (including phenoxy) is 2. The molecule has 0 radical (unpaired) electrons. The lowest BCUT2D eigenvalue weighted by Crippen LogP contribution is -2.28. The molecule has 0 spiro atoms. The third kappa shape index (κ3) is 3.64. The number of amides is 1. The van der Waals surface area contributed by atoms with Crippen molar-refractivity contribution in [1.82, 2.24) is 5.32 Å². The molecule has 3 rings (SSSR count). The number of nitrogens with one attached hydrogen (secondary N) is 1. The number of methoxy groups -OCH3 is 2. The molecule has 0 saturated carbocycles. The van der Waals surface area contributed by atoms with Crippen molar-refractivity contribution < 1.29 is 14.3 Å². The number of carbonyl (C=O) groups excluding carboxylic acids is 1. The molecular formula is C22H23NO3. The summed E-state index contributed by atoms with van der Waals surface area (Å²) in [5, 5.41) is 5.17. The van der Waals surface area contributed by atoms with Gasteiger partial charge >= 0.3 is 0 Å². The van der Waals surface area contributed by atoms with E-state index in [1.54, 1.807) is 14.2 Å². The van der Waals surface area contributed by atoms with Gasteiger partial charge in [0.1, 0.15) is 11.5 Å². The van der Waals surface area contributed by atoms with E-state index in [1.807, 2.05) is 67.6 Å². The molecule has 3 aromatic rings. The van der Waals surface area contributed by atoms with Crippen molar-refractivity contribution in [3.8, 4) is 11.5 Å². The van der Waals surface area contributed by atoms with Gasteiger partial charge in [0.25, 0.3) is 5.91 Å². The van der Waals surface area contributed by atoms with Crippen LogP contribution >= 0.6 is 0 Å². The van der Waals surface area contributed by atoms with Crippen molar-refractivity contribution in [3.63, 3.8) is 0 Å². The van der Waals surface area contributed by atoms with E-state index >= 15 is 0 Å². The molecule has 3 aromatic carbocycles. The first kappa shape index (κ1) is 17.8. The average molecular weight is 349 g/mol. The lowest BCUT2D eigenvalue weighted by Gasteiger charge is -2.19. The van der Waals surface area contributed by atoms with Gasteiger partial charge in [0.15, 0.2) is 0 Å². The lowest BCUT2D eigenvalue weighted by atomic mass is 10.0. The van der Waals surface area contributed by atoms with E-state index < -0.39 is 0 Å². The second-order valence-corrected chi connectivity index (χ2v) is 6.11. The van der Waals surface area contributed by atoms with Gasteiger partial charge in [-0.05, 0) is 47.0 Å². The number of rotatable bonds is 6. The van der Waals surface area contributed by atoms with E-state index in [-0.39, 0.29) is 11.9 Å². The van der Waals surface area contributed by atoms with Crippen molar-refractivity contribution in [3.05, 3.63) is 71.8 Å². The Morgan fingerprint density at radius 2 is 1.62 bits per heavy atom. The van der Waals surface area contributed by atoms with Crippen LogP contribution < -0.4 is 14.8 Å². The minimum Gasteiger partial charge on any atom is -0.497 e. The maximum atomic E-state index is 12.9. The summed E-state index contributed by atoms with van der Waals surface area (Å²) >= 11 is 0. The Hall–Kier alpha value is -3.01. The molecule has 26 heavy (non-hydrogen) atoms. The Bertz CT molecular complexity index is 903. The van der Waals surface area contributed by atoms with Crippen LogP contribution in [0.3, 0.4) is 0 Å². The molecule has 1 amide bonds. The maximum absolute atomic E-state index is 12.9. The highest BCUT2D eigenvalue weighted by atomic mass is 16.5. The van der Waals surface area contributed by atoms with Crippen molar-refractivity contribution in [2.75, 3.05) is 14.2 Å². The molecular weight excluding hydrogens is 326 g/mol. The Balaban J connectivity index is 1.88. The fraction of sp³-hybridized carbons (Fsp3) is 0.227. The largest absolute Gasteiger partial charge is 0.497 e. The first-order valence-corrected chi connectivity index (χ1v) is 8.67. The molecule has 0 aliphatic rings. The zero-order chi connectivity index (χ0) is 18.5. The minimum atomic E-state index is -0.143. The second kappa shape index (κ2) is 7.91. The molecule has 4 nitrogen and oxygen atoms in total. The third-order valence-corrected chi connectivity index (χ3v) is 4.54. The highest BCUT2D eigenvalue weighted by Gasteiger charge is 2.18. The summed E-state index contributed by atoms with van der Waals surface area (Å²) < 4.78 is 10.6. The maximum Gasteiger partial charge on any atom is 0.255 e. The average Bonchev–Trinajstić information content (AvgIpc) is 2.70. The van der Waals surface area contributed by atoms with Crippen LogP contribution in [0.5, 0.6) is 11.5 Å². The minimum absolute atomic E-state index is 0.0791. The van der Waals surface area contributed by atoms with Crippen molar-refractivity contribution in [2.24, 2.45) is 0 Å². The van der Waals surface area contributed by atoms with E-state index in [9.17, 15) is 4.79 Å². The number of hydrogen-bond donors (Lipinski definition) is 1. The van der Waals surface area contributed by atoms with Crippen LogP contribution in [-0.2, 0) is 0 Å². The molecule has 0 saturated heterocycles. The lowest BCUT2D eigenvalue weighted by molar-refractivity contribution is 0.0932. The van der Waals surface area contributed by atoms with Gasteiger partial charge in [-0.3, -0.25) is 4.79 Å². The van der Waals surface area contributed by atoms with E-state index in [0.29, 0.717) is 11.3 Å². The molecule has 1 N–H and O–H groups in total. The summed E-state index contributed by atoms with van der Waals surface area (Å²) in [6, 6.07) is 19.4. The van der Waals surface area contributed by atoms with E-state index in [4.69, 9.17) is 9.47 Å². The van der Waals surface area contributed by atoms with Gasteiger partial charge in [0.2, 0.25) is 0 Å². The highest BCUT2D eigenvalue weighted by molar-refractivity contribution is 6.01.